The maximum absolute atomic E-state index is 5.79. The Hall–Kier alpha value is -1.51. The maximum Gasteiger partial charge on any atom is 0.126 e. The quantitative estimate of drug-likeness (QED) is 0.742. The lowest BCUT2D eigenvalue weighted by molar-refractivity contribution is 0.672. The molecule has 0 bridgehead atoms. The van der Waals surface area contributed by atoms with Crippen molar-refractivity contribution >= 4 is 11.4 Å². The highest BCUT2D eigenvalue weighted by Crippen LogP contribution is 2.28. The molecule has 0 fully saturated rings. The molecule has 15 heavy (non-hydrogen) atoms. The number of anilines is 1. The van der Waals surface area contributed by atoms with Gasteiger partial charge in [-0.25, -0.2) is 0 Å². The highest BCUT2D eigenvalue weighted by molar-refractivity contribution is 5.75. The Morgan fingerprint density at radius 3 is 2.80 bits per heavy atom. The van der Waals surface area contributed by atoms with Crippen molar-refractivity contribution in [3.63, 3.8) is 0 Å². The summed E-state index contributed by atoms with van der Waals surface area (Å²) in [4.78, 5) is 0. The van der Waals surface area contributed by atoms with Crippen molar-refractivity contribution in [2.24, 2.45) is 5.92 Å². The molecule has 0 radical (unpaired) electrons. The molecule has 0 saturated carbocycles. The molecular formula is C12H19N3. The first-order valence-electron chi connectivity index (χ1n) is 5.24. The molecule has 3 heteroatoms. The van der Waals surface area contributed by atoms with Crippen LogP contribution >= 0.6 is 0 Å². The van der Waals surface area contributed by atoms with Crippen LogP contribution in [0, 0.1) is 5.92 Å². The Bertz CT molecular complexity index is 374. The minimum atomic E-state index is 0.497. The monoisotopic (exact) mass is 205 g/mol. The molecule has 1 aromatic rings. The van der Waals surface area contributed by atoms with Crippen LogP contribution in [0.4, 0.5) is 5.82 Å². The van der Waals surface area contributed by atoms with Crippen molar-refractivity contribution in [3.8, 4) is 0 Å². The summed E-state index contributed by atoms with van der Waals surface area (Å²) in [5, 5.41) is 6.67. The second kappa shape index (κ2) is 4.82. The van der Waals surface area contributed by atoms with Crippen molar-refractivity contribution in [3.05, 3.63) is 30.0 Å². The first kappa shape index (κ1) is 11.6. The van der Waals surface area contributed by atoms with Crippen molar-refractivity contribution in [2.75, 3.05) is 5.73 Å². The van der Waals surface area contributed by atoms with Gasteiger partial charge in [0.05, 0.1) is 6.20 Å². The topological polar surface area (TPSA) is 54.7 Å². The lowest BCUT2D eigenvalue weighted by Gasteiger charge is -2.14. The molecule has 0 aliphatic carbocycles. The van der Waals surface area contributed by atoms with E-state index in [1.54, 1.807) is 6.20 Å². The van der Waals surface area contributed by atoms with E-state index in [1.807, 2.05) is 6.08 Å². The van der Waals surface area contributed by atoms with Crippen molar-refractivity contribution < 1.29 is 0 Å². The number of nitrogens with two attached hydrogens (primary N) is 1. The molecule has 0 aromatic carbocycles. The van der Waals surface area contributed by atoms with E-state index in [-0.39, 0.29) is 0 Å². The van der Waals surface area contributed by atoms with Gasteiger partial charge in [-0.05, 0) is 30.4 Å². The van der Waals surface area contributed by atoms with Crippen LogP contribution in [0.1, 0.15) is 32.8 Å². The number of H-pyrrole nitrogens is 1. The van der Waals surface area contributed by atoms with E-state index in [4.69, 9.17) is 5.73 Å². The number of aromatic amines is 1. The van der Waals surface area contributed by atoms with Crippen LogP contribution in [0.15, 0.2) is 24.4 Å². The number of nitrogens with one attached hydrogen (secondary N) is 1. The molecule has 1 heterocycles. The summed E-state index contributed by atoms with van der Waals surface area (Å²) in [7, 11) is 0. The largest absolute Gasteiger partial charge is 0.384 e. The van der Waals surface area contributed by atoms with Crippen molar-refractivity contribution in [2.45, 2.75) is 27.2 Å². The van der Waals surface area contributed by atoms with Crippen LogP contribution in [0.3, 0.4) is 0 Å². The predicted octanol–water partition coefficient (Wildman–Crippen LogP) is 3.00. The average Bonchev–Trinajstić information content (AvgIpc) is 2.65. The summed E-state index contributed by atoms with van der Waals surface area (Å²) in [5.41, 5.74) is 9.17. The van der Waals surface area contributed by atoms with Gasteiger partial charge in [-0.2, -0.15) is 5.10 Å². The Morgan fingerprint density at radius 1 is 1.73 bits per heavy atom. The Morgan fingerprint density at radius 2 is 2.40 bits per heavy atom. The summed E-state index contributed by atoms with van der Waals surface area (Å²) < 4.78 is 0. The van der Waals surface area contributed by atoms with E-state index in [9.17, 15) is 0 Å². The number of aromatic nitrogens is 2. The average molecular weight is 205 g/mol. The van der Waals surface area contributed by atoms with Gasteiger partial charge < -0.3 is 5.73 Å². The summed E-state index contributed by atoms with van der Waals surface area (Å²) in [6, 6.07) is 0. The fourth-order valence-corrected chi connectivity index (χ4v) is 1.69. The van der Waals surface area contributed by atoms with Gasteiger partial charge in [0.1, 0.15) is 5.82 Å². The summed E-state index contributed by atoms with van der Waals surface area (Å²) >= 11 is 0. The van der Waals surface area contributed by atoms with Gasteiger partial charge in [-0.15, -0.1) is 0 Å². The smallest absolute Gasteiger partial charge is 0.126 e. The first-order valence-corrected chi connectivity index (χ1v) is 5.24. The molecule has 0 spiro atoms. The molecule has 3 nitrogen and oxygen atoms in total. The minimum absolute atomic E-state index is 0.497. The normalized spacial score (nSPS) is 14.6. The zero-order chi connectivity index (χ0) is 11.4. The van der Waals surface area contributed by atoms with Crippen LogP contribution in [0.2, 0.25) is 0 Å². The number of hydrogen-bond acceptors (Lipinski definition) is 2. The number of allylic oxidation sites excluding steroid dienone is 3. The predicted molar refractivity (Wildman–Crippen MR) is 65.2 cm³/mol. The van der Waals surface area contributed by atoms with Crippen molar-refractivity contribution in [1.29, 1.82) is 0 Å². The van der Waals surface area contributed by atoms with Gasteiger partial charge >= 0.3 is 0 Å². The van der Waals surface area contributed by atoms with Crippen LogP contribution in [-0.2, 0) is 0 Å². The first-order chi connectivity index (χ1) is 7.11. The Balaban J connectivity index is 3.17. The zero-order valence-corrected chi connectivity index (χ0v) is 9.67. The molecule has 0 aliphatic heterocycles. The standard InChI is InChI=1S/C12H19N3/c1-5-8(3)10(6-2)9(4)11-7-14-15-12(11)13/h6-8H,2,5H2,1,3-4H3,(H3,13,14,15)/b10-9-. The maximum atomic E-state index is 5.79. The van der Waals surface area contributed by atoms with E-state index in [0.29, 0.717) is 11.7 Å². The number of nitrogens with zero attached hydrogens (tertiary/aromatic N) is 1. The lowest BCUT2D eigenvalue weighted by atomic mass is 9.92. The fraction of sp³-hybridized carbons (Fsp3) is 0.417. The zero-order valence-electron chi connectivity index (χ0n) is 9.67. The van der Waals surface area contributed by atoms with Crippen LogP contribution in [0.25, 0.3) is 5.57 Å². The fourth-order valence-electron chi connectivity index (χ4n) is 1.69. The Labute approximate surface area is 91.1 Å². The number of nitrogen functional groups attached to an aromatic ring is 1. The molecule has 1 unspecified atom stereocenters. The molecular weight excluding hydrogens is 186 g/mol. The van der Waals surface area contributed by atoms with E-state index < -0.39 is 0 Å². The van der Waals surface area contributed by atoms with Crippen LogP contribution in [0.5, 0.6) is 0 Å². The summed E-state index contributed by atoms with van der Waals surface area (Å²) in [5.74, 6) is 1.12. The van der Waals surface area contributed by atoms with Crippen molar-refractivity contribution in [1.82, 2.24) is 10.2 Å². The second-order valence-corrected chi connectivity index (χ2v) is 3.79. The van der Waals surface area contributed by atoms with Gasteiger partial charge in [0.2, 0.25) is 0 Å². The third kappa shape index (κ3) is 2.29. The highest BCUT2D eigenvalue weighted by atomic mass is 15.1. The highest BCUT2D eigenvalue weighted by Gasteiger charge is 2.11. The molecule has 1 atom stereocenters. The van der Waals surface area contributed by atoms with E-state index in [0.717, 1.165) is 17.6 Å². The van der Waals surface area contributed by atoms with Crippen LogP contribution < -0.4 is 5.73 Å². The van der Waals surface area contributed by atoms with Gasteiger partial charge in [-0.1, -0.05) is 26.5 Å². The van der Waals surface area contributed by atoms with E-state index in [2.05, 4.69) is 37.5 Å². The third-order valence-electron chi connectivity index (χ3n) is 2.87. The van der Waals surface area contributed by atoms with Gasteiger partial charge in [-0.3, -0.25) is 5.10 Å². The van der Waals surface area contributed by atoms with Crippen LogP contribution in [-0.4, -0.2) is 10.2 Å². The Kier molecular flexibility index (Phi) is 3.72. The molecule has 3 N–H and O–H groups in total. The second-order valence-electron chi connectivity index (χ2n) is 3.79. The molecule has 0 aliphatic rings. The van der Waals surface area contributed by atoms with Gasteiger partial charge in [0.15, 0.2) is 0 Å². The summed E-state index contributed by atoms with van der Waals surface area (Å²) in [6.45, 7) is 10.3. The van der Waals surface area contributed by atoms with E-state index in [1.165, 1.54) is 5.57 Å². The lowest BCUT2D eigenvalue weighted by Crippen LogP contribution is -1.99. The molecule has 1 aromatic heterocycles. The summed E-state index contributed by atoms with van der Waals surface area (Å²) in [6.07, 6.45) is 4.77. The number of hydrogen-bond donors (Lipinski definition) is 2. The van der Waals surface area contributed by atoms with E-state index >= 15 is 0 Å². The SMILES string of the molecule is C=C/C(=C(\C)c1cn[nH]c1N)C(C)CC. The molecule has 0 saturated heterocycles. The minimum Gasteiger partial charge on any atom is -0.384 e. The number of rotatable bonds is 4. The molecule has 1 rings (SSSR count). The molecule has 82 valence electrons. The third-order valence-corrected chi connectivity index (χ3v) is 2.87. The molecule has 0 amide bonds. The van der Waals surface area contributed by atoms with Gasteiger partial charge in [0.25, 0.3) is 0 Å². The van der Waals surface area contributed by atoms with Gasteiger partial charge in [0, 0.05) is 5.56 Å².